The maximum absolute atomic E-state index is 6.31. The molecular weight excluding hydrogens is 371 g/mol. The second-order valence-corrected chi connectivity index (χ2v) is 6.81. The summed E-state index contributed by atoms with van der Waals surface area (Å²) < 4.78 is 5.37. The lowest BCUT2D eigenvalue weighted by atomic mass is 10.0. The Labute approximate surface area is 155 Å². The Hall–Kier alpha value is -1.27. The van der Waals surface area contributed by atoms with Gasteiger partial charge in [-0.15, -0.1) is 0 Å². The molecule has 128 valence electrons. The zero-order valence-corrected chi connectivity index (χ0v) is 15.1. The lowest BCUT2D eigenvalue weighted by molar-refractivity contribution is 0.0699. The van der Waals surface area contributed by atoms with Gasteiger partial charge in [0, 0.05) is 37.6 Å². The molecule has 8 heteroatoms. The first-order valence-corrected chi connectivity index (χ1v) is 8.77. The zero-order valence-electron chi connectivity index (χ0n) is 12.9. The highest BCUT2D eigenvalue weighted by atomic mass is 35.5. The molecule has 3 rings (SSSR count). The first kappa shape index (κ1) is 17.5. The third-order valence-electron chi connectivity index (χ3n) is 4.00. The molecule has 1 aliphatic heterocycles. The van der Waals surface area contributed by atoms with Gasteiger partial charge >= 0.3 is 0 Å². The molecule has 0 aromatic carbocycles. The van der Waals surface area contributed by atoms with Crippen LogP contribution in [0.4, 0.5) is 11.6 Å². The van der Waals surface area contributed by atoms with E-state index >= 15 is 0 Å². The summed E-state index contributed by atoms with van der Waals surface area (Å²) >= 11 is 18.8. The summed E-state index contributed by atoms with van der Waals surface area (Å²) in [6.07, 6.45) is 3.63. The molecule has 2 aromatic heterocycles. The molecular formula is C16H17Cl3N4O. The molecule has 0 aliphatic carbocycles. The Morgan fingerprint density at radius 2 is 1.96 bits per heavy atom. The molecule has 1 saturated heterocycles. The zero-order chi connectivity index (χ0) is 17.1. The predicted octanol–water partition coefficient (Wildman–Crippen LogP) is 4.52. The van der Waals surface area contributed by atoms with Gasteiger partial charge in [-0.25, -0.2) is 9.97 Å². The van der Waals surface area contributed by atoms with Crippen LogP contribution in [0.25, 0.3) is 11.3 Å². The van der Waals surface area contributed by atoms with Gasteiger partial charge in [-0.2, -0.15) is 0 Å². The van der Waals surface area contributed by atoms with Crippen molar-refractivity contribution in [2.75, 3.05) is 30.8 Å². The molecule has 24 heavy (non-hydrogen) atoms. The molecule has 0 radical (unpaired) electrons. The number of hydrogen-bond acceptors (Lipinski definition) is 5. The molecule has 0 amide bonds. The largest absolute Gasteiger partial charge is 0.382 e. The van der Waals surface area contributed by atoms with Crippen molar-refractivity contribution in [1.29, 1.82) is 0 Å². The fourth-order valence-electron chi connectivity index (χ4n) is 2.61. The standard InChI is InChI=1S/C16H17Cl3N4O/c17-11-7-12(22-8-9-2-5-24-6-3-9)23-15(14(11)19)10-1-4-21-16(20)13(10)18/h1,4,7,9H,2-3,5-6,8H2,(H2,20,21)(H,22,23). The fraction of sp³-hybridized carbons (Fsp3) is 0.375. The number of nitrogens with zero attached hydrogens (tertiary/aromatic N) is 2. The maximum atomic E-state index is 6.31. The van der Waals surface area contributed by atoms with E-state index in [1.54, 1.807) is 18.3 Å². The molecule has 3 N–H and O–H groups in total. The molecule has 0 spiro atoms. The number of rotatable bonds is 4. The van der Waals surface area contributed by atoms with E-state index < -0.39 is 0 Å². The van der Waals surface area contributed by atoms with E-state index in [-0.39, 0.29) is 5.82 Å². The summed E-state index contributed by atoms with van der Waals surface area (Å²) in [6, 6.07) is 3.43. The van der Waals surface area contributed by atoms with E-state index in [0.29, 0.717) is 38.1 Å². The molecule has 0 saturated carbocycles. The molecule has 2 aromatic rings. The van der Waals surface area contributed by atoms with Crippen molar-refractivity contribution < 1.29 is 4.74 Å². The van der Waals surface area contributed by atoms with Crippen LogP contribution < -0.4 is 11.1 Å². The molecule has 1 fully saturated rings. The van der Waals surface area contributed by atoms with Gasteiger partial charge in [0.05, 0.1) is 20.8 Å². The van der Waals surface area contributed by atoms with Crippen LogP contribution in [0.5, 0.6) is 0 Å². The topological polar surface area (TPSA) is 73.1 Å². The average molecular weight is 388 g/mol. The van der Waals surface area contributed by atoms with Crippen molar-refractivity contribution >= 4 is 46.4 Å². The normalized spacial score (nSPS) is 15.5. The third kappa shape index (κ3) is 3.86. The van der Waals surface area contributed by atoms with Gasteiger partial charge in [0.2, 0.25) is 0 Å². The van der Waals surface area contributed by atoms with Crippen LogP contribution in [0.3, 0.4) is 0 Å². The van der Waals surface area contributed by atoms with Crippen molar-refractivity contribution in [2.24, 2.45) is 5.92 Å². The highest BCUT2D eigenvalue weighted by Gasteiger charge is 2.18. The van der Waals surface area contributed by atoms with Crippen LogP contribution in [0.1, 0.15) is 12.8 Å². The predicted molar refractivity (Wildman–Crippen MR) is 98.9 cm³/mol. The molecule has 5 nitrogen and oxygen atoms in total. The van der Waals surface area contributed by atoms with Crippen molar-refractivity contribution in [1.82, 2.24) is 9.97 Å². The SMILES string of the molecule is Nc1nccc(-c2nc(NCC3CCOCC3)cc(Cl)c2Cl)c1Cl. The van der Waals surface area contributed by atoms with Crippen LogP contribution in [0, 0.1) is 5.92 Å². The summed E-state index contributed by atoms with van der Waals surface area (Å²) in [6.45, 7) is 2.41. The molecule has 0 atom stereocenters. The van der Waals surface area contributed by atoms with Crippen molar-refractivity contribution in [3.05, 3.63) is 33.4 Å². The Morgan fingerprint density at radius 1 is 1.21 bits per heavy atom. The van der Waals surface area contributed by atoms with Crippen molar-refractivity contribution in [3.8, 4) is 11.3 Å². The lowest BCUT2D eigenvalue weighted by Crippen LogP contribution is -2.23. The number of aromatic nitrogens is 2. The lowest BCUT2D eigenvalue weighted by Gasteiger charge is -2.22. The van der Waals surface area contributed by atoms with Crippen LogP contribution in [-0.2, 0) is 4.74 Å². The highest BCUT2D eigenvalue weighted by Crippen LogP contribution is 2.38. The summed E-state index contributed by atoms with van der Waals surface area (Å²) in [4.78, 5) is 8.51. The van der Waals surface area contributed by atoms with Crippen molar-refractivity contribution in [3.63, 3.8) is 0 Å². The van der Waals surface area contributed by atoms with Crippen LogP contribution in [-0.4, -0.2) is 29.7 Å². The Bertz CT molecular complexity index is 736. The summed E-state index contributed by atoms with van der Waals surface area (Å²) in [5, 5.41) is 4.38. The molecule has 0 unspecified atom stereocenters. The monoisotopic (exact) mass is 386 g/mol. The van der Waals surface area contributed by atoms with Gasteiger partial charge in [-0.3, -0.25) is 0 Å². The smallest absolute Gasteiger partial charge is 0.142 e. The molecule has 0 bridgehead atoms. The van der Waals surface area contributed by atoms with E-state index in [1.165, 1.54) is 0 Å². The van der Waals surface area contributed by atoms with Gasteiger partial charge in [0.1, 0.15) is 11.6 Å². The summed E-state index contributed by atoms with van der Waals surface area (Å²) in [5.41, 5.74) is 6.85. The number of pyridine rings is 2. The minimum absolute atomic E-state index is 0.226. The number of halogens is 3. The number of nitrogens with one attached hydrogen (secondary N) is 1. The van der Waals surface area contributed by atoms with E-state index in [9.17, 15) is 0 Å². The van der Waals surface area contributed by atoms with E-state index in [4.69, 9.17) is 45.3 Å². The van der Waals surface area contributed by atoms with Gasteiger partial charge in [-0.05, 0) is 24.8 Å². The fourth-order valence-corrected chi connectivity index (χ4v) is 3.20. The second kappa shape index (κ2) is 7.74. The quantitative estimate of drug-likeness (QED) is 0.806. The Morgan fingerprint density at radius 3 is 2.71 bits per heavy atom. The van der Waals surface area contributed by atoms with Crippen LogP contribution in [0.2, 0.25) is 15.1 Å². The highest BCUT2D eigenvalue weighted by molar-refractivity contribution is 6.44. The van der Waals surface area contributed by atoms with Gasteiger partial charge in [-0.1, -0.05) is 34.8 Å². The van der Waals surface area contributed by atoms with Gasteiger partial charge < -0.3 is 15.8 Å². The Kier molecular flexibility index (Phi) is 5.66. The Balaban J connectivity index is 1.87. The summed E-state index contributed by atoms with van der Waals surface area (Å²) in [7, 11) is 0. The van der Waals surface area contributed by atoms with Crippen LogP contribution in [0.15, 0.2) is 18.3 Å². The number of hydrogen-bond donors (Lipinski definition) is 2. The first-order valence-electron chi connectivity index (χ1n) is 7.64. The minimum atomic E-state index is 0.226. The number of anilines is 2. The van der Waals surface area contributed by atoms with E-state index in [2.05, 4.69) is 15.3 Å². The second-order valence-electron chi connectivity index (χ2n) is 5.65. The third-order valence-corrected chi connectivity index (χ3v) is 5.17. The van der Waals surface area contributed by atoms with Gasteiger partial charge in [0.15, 0.2) is 0 Å². The number of nitrogen functional groups attached to an aromatic ring is 1. The number of nitrogens with two attached hydrogens (primary N) is 1. The molecule has 3 heterocycles. The van der Waals surface area contributed by atoms with Crippen LogP contribution >= 0.6 is 34.8 Å². The van der Waals surface area contributed by atoms with E-state index in [0.717, 1.165) is 32.6 Å². The van der Waals surface area contributed by atoms with E-state index in [1.807, 2.05) is 0 Å². The van der Waals surface area contributed by atoms with Gasteiger partial charge in [0.25, 0.3) is 0 Å². The average Bonchev–Trinajstić information content (AvgIpc) is 2.59. The minimum Gasteiger partial charge on any atom is -0.382 e. The first-order chi connectivity index (χ1) is 11.6. The molecule has 1 aliphatic rings. The summed E-state index contributed by atoms with van der Waals surface area (Å²) in [5.74, 6) is 1.43. The maximum Gasteiger partial charge on any atom is 0.142 e. The van der Waals surface area contributed by atoms with Crippen molar-refractivity contribution in [2.45, 2.75) is 12.8 Å². The number of ether oxygens (including phenoxy) is 1.